The number of para-hydroxylation sites is 2. The lowest BCUT2D eigenvalue weighted by Gasteiger charge is -2.33. The van der Waals surface area contributed by atoms with Crippen molar-refractivity contribution in [1.82, 2.24) is 14.1 Å². The van der Waals surface area contributed by atoms with Gasteiger partial charge in [0.05, 0.1) is 47.1 Å². The molecule has 0 amide bonds. The molecule has 11 rings (SSSR count). The Bertz CT molecular complexity index is 3880. The minimum absolute atomic E-state index is 0.0912. The maximum absolute atomic E-state index is 9.17. The first-order valence-electron chi connectivity index (χ1n) is 25.9. The Labute approximate surface area is 384 Å². The van der Waals surface area contributed by atoms with Crippen LogP contribution < -0.4 is 24.6 Å². The molecule has 1 aliphatic rings. The molecule has 0 N–H and O–H groups in total. The van der Waals surface area contributed by atoms with Gasteiger partial charge in [-0.25, -0.2) is 4.98 Å². The van der Waals surface area contributed by atoms with Crippen molar-refractivity contribution in [3.05, 3.63) is 182 Å². The highest BCUT2D eigenvalue weighted by atomic mass is 28.3. The summed E-state index contributed by atoms with van der Waals surface area (Å²) in [4.78, 5) is 6.86. The van der Waals surface area contributed by atoms with Gasteiger partial charge in [-0.1, -0.05) is 137 Å². The van der Waals surface area contributed by atoms with Crippen molar-refractivity contribution < 1.29 is 23.0 Å². The van der Waals surface area contributed by atoms with Gasteiger partial charge >= 0.3 is 0 Å². The summed E-state index contributed by atoms with van der Waals surface area (Å²) in [7, 11) is 1.29. The normalized spacial score (nSPS) is 15.3. The molecule has 0 spiro atoms. The van der Waals surface area contributed by atoms with Gasteiger partial charge in [0.1, 0.15) is 25.4 Å². The summed E-state index contributed by atoms with van der Waals surface area (Å²) in [6.45, 7) is 11.1. The van der Waals surface area contributed by atoms with Crippen molar-refractivity contribution >= 4 is 57.0 Å². The van der Waals surface area contributed by atoms with Crippen LogP contribution in [0, 0.1) is 6.33 Å². The lowest BCUT2D eigenvalue weighted by Crippen LogP contribution is -2.57. The first-order valence-corrected chi connectivity index (χ1v) is 23.9. The number of pyridine rings is 1. The minimum atomic E-state index is -2.60. The molecule has 63 heavy (non-hydrogen) atoms. The van der Waals surface area contributed by atoms with Crippen molar-refractivity contribution in [3.63, 3.8) is 0 Å². The van der Waals surface area contributed by atoms with Crippen LogP contribution in [0.5, 0.6) is 11.5 Å². The van der Waals surface area contributed by atoms with E-state index in [-0.39, 0.29) is 33.4 Å². The van der Waals surface area contributed by atoms with Crippen LogP contribution in [0.3, 0.4) is 0 Å². The lowest BCUT2D eigenvalue weighted by atomic mass is 9.88. The van der Waals surface area contributed by atoms with Gasteiger partial charge in [0.2, 0.25) is 0 Å². The van der Waals surface area contributed by atoms with Crippen LogP contribution in [-0.4, -0.2) is 36.3 Å². The van der Waals surface area contributed by atoms with E-state index >= 15 is 0 Å². The van der Waals surface area contributed by atoms with Gasteiger partial charge in [-0.2, -0.15) is 0 Å². The maximum atomic E-state index is 9.17. The van der Waals surface area contributed by atoms with Crippen LogP contribution in [0.25, 0.3) is 72.3 Å². The van der Waals surface area contributed by atoms with E-state index in [0.29, 0.717) is 17.0 Å². The molecule has 308 valence electrons. The molecule has 0 fully saturated rings. The van der Waals surface area contributed by atoms with Crippen LogP contribution >= 0.6 is 0 Å². The zero-order chi connectivity index (χ0) is 51.9. The zero-order valence-electron chi connectivity index (χ0n) is 46.0. The fraction of sp³-hybridized carbons (Fsp3) is 0.143. The third-order valence-corrected chi connectivity index (χ3v) is 15.8. The standard InChI is InChI=1S/C56H49N5OSi/c1-56(2,3)39-29-30-57-53(31-39)61-47-24-15-14-21-45(47)46-27-25-41(34-48(46)61)62-42-26-28-51-49(35-42)59-36-60(50-32-40(58(4)5)33-52(55(50)59)63(51,6)7)54-43(37-17-10-8-11-18-37)22-16-23-44(54)38-19-12-9-13-20-38/h8-35H,1-7H3/i8D,9D,10D,11D,12D,13D,17D,18D,19D,20D. The summed E-state index contributed by atoms with van der Waals surface area (Å²) in [6, 6.07) is 28.6. The van der Waals surface area contributed by atoms with Gasteiger partial charge in [-0.15, -0.1) is 0 Å². The smallest absolute Gasteiger partial charge is 0.269 e. The number of fused-ring (bicyclic) bond motifs is 5. The molecular formula is C56H49N5OSi. The van der Waals surface area contributed by atoms with E-state index in [4.69, 9.17) is 17.9 Å². The number of benzene rings is 7. The minimum Gasteiger partial charge on any atom is -0.458 e. The first-order chi connectivity index (χ1) is 34.6. The number of nitrogens with zero attached hydrogens (tertiary/aromatic N) is 5. The fourth-order valence-corrected chi connectivity index (χ4v) is 12.0. The third-order valence-electron chi connectivity index (χ3n) is 12.3. The molecule has 0 aliphatic carbocycles. The quantitative estimate of drug-likeness (QED) is 0.0911. The predicted octanol–water partition coefficient (Wildman–Crippen LogP) is 11.8. The summed E-state index contributed by atoms with van der Waals surface area (Å²) >= 11 is 0. The molecule has 4 heterocycles. The van der Waals surface area contributed by atoms with Gasteiger partial charge in [0.25, 0.3) is 6.33 Å². The number of hydrogen-bond acceptors (Lipinski definition) is 3. The van der Waals surface area contributed by atoms with Gasteiger partial charge in [0.15, 0.2) is 0 Å². The highest BCUT2D eigenvalue weighted by Gasteiger charge is 2.38. The second kappa shape index (κ2) is 14.4. The monoisotopic (exact) mass is 845 g/mol. The molecular weight excluding hydrogens is 787 g/mol. The Morgan fingerprint density at radius 1 is 0.698 bits per heavy atom. The van der Waals surface area contributed by atoms with Crippen molar-refractivity contribution in [2.75, 3.05) is 19.0 Å². The van der Waals surface area contributed by atoms with Gasteiger partial charge in [-0.3, -0.25) is 13.7 Å². The van der Waals surface area contributed by atoms with E-state index in [2.05, 4.69) is 87.2 Å². The number of aromatic nitrogens is 4. The van der Waals surface area contributed by atoms with E-state index in [1.165, 1.54) is 0 Å². The number of rotatable bonds is 7. The Morgan fingerprint density at radius 2 is 1.37 bits per heavy atom. The van der Waals surface area contributed by atoms with E-state index in [9.17, 15) is 5.48 Å². The molecule has 6 nitrogen and oxygen atoms in total. The molecule has 0 radical (unpaired) electrons. The van der Waals surface area contributed by atoms with Crippen molar-refractivity contribution in [2.24, 2.45) is 0 Å². The zero-order valence-corrected chi connectivity index (χ0v) is 37.0. The van der Waals surface area contributed by atoms with Gasteiger partial charge < -0.3 is 9.64 Å². The number of imidazole rings is 1. The van der Waals surface area contributed by atoms with E-state index in [1.54, 1.807) is 22.8 Å². The van der Waals surface area contributed by atoms with E-state index < -0.39 is 68.5 Å². The first kappa shape index (κ1) is 29.1. The SMILES string of the molecule is [2H]c1c([2H])c([2H])c(-c2cccc(-c3c([2H])c([2H])c([2H])c([2H])c3[2H])c2-[n+]2[c-]n3c4c(cc(N(C)C)cc42)[Si](C)(C)c2ccc(Oc4ccc5c6ccccc6n(-c6cc(C(C)(C)C)ccn6)c5c4)cc2-3)c([2H])c1[2H]. The average Bonchev–Trinajstić information content (AvgIpc) is 3.92. The summed E-state index contributed by atoms with van der Waals surface area (Å²) < 4.78 is 101. The molecule has 0 saturated heterocycles. The maximum Gasteiger partial charge on any atom is 0.269 e. The van der Waals surface area contributed by atoms with Crippen LogP contribution in [0.4, 0.5) is 5.69 Å². The second-order valence-corrected chi connectivity index (χ2v) is 22.1. The molecule has 0 unspecified atom stereocenters. The molecule has 1 aliphatic heterocycles. The summed E-state index contributed by atoms with van der Waals surface area (Å²) in [6.07, 6.45) is 5.48. The topological polar surface area (TPSA) is 39.1 Å². The van der Waals surface area contributed by atoms with E-state index in [0.717, 1.165) is 60.5 Å². The Morgan fingerprint density at radius 3 is 2.06 bits per heavy atom. The molecule has 0 bridgehead atoms. The van der Waals surface area contributed by atoms with Crippen molar-refractivity contribution in [2.45, 2.75) is 39.3 Å². The lowest BCUT2D eigenvalue weighted by molar-refractivity contribution is -0.571. The highest BCUT2D eigenvalue weighted by molar-refractivity contribution is 7.02. The number of ether oxygens (including phenoxy) is 1. The predicted molar refractivity (Wildman–Crippen MR) is 263 cm³/mol. The van der Waals surface area contributed by atoms with E-state index in [1.807, 2.05) is 72.2 Å². The van der Waals surface area contributed by atoms with Gasteiger partial charge in [0, 0.05) is 42.8 Å². The largest absolute Gasteiger partial charge is 0.458 e. The average molecular weight is 846 g/mol. The van der Waals surface area contributed by atoms with Crippen LogP contribution in [0.2, 0.25) is 13.1 Å². The van der Waals surface area contributed by atoms with Crippen molar-refractivity contribution in [1.29, 1.82) is 0 Å². The third kappa shape index (κ3) is 6.29. The Hall–Kier alpha value is -7.22. The molecule has 3 aromatic heterocycles. The number of hydrogen-bond donors (Lipinski definition) is 0. The van der Waals surface area contributed by atoms with Gasteiger partial charge in [-0.05, 0) is 98.2 Å². The van der Waals surface area contributed by atoms with Crippen LogP contribution in [-0.2, 0) is 5.41 Å². The fourth-order valence-electron chi connectivity index (χ4n) is 9.09. The summed E-state index contributed by atoms with van der Waals surface area (Å²) in [5, 5.41) is 4.32. The highest BCUT2D eigenvalue weighted by Crippen LogP contribution is 2.39. The molecule has 0 atom stereocenters. The van der Waals surface area contributed by atoms with Crippen molar-refractivity contribution in [3.8, 4) is 50.9 Å². The molecule has 0 saturated carbocycles. The Kier molecular flexibility index (Phi) is 6.68. The van der Waals surface area contributed by atoms with Crippen LogP contribution in [0.15, 0.2) is 170 Å². The Balaban J connectivity index is 1.16. The summed E-state index contributed by atoms with van der Waals surface area (Å²) in [5.41, 5.74) is 6.48. The molecule has 7 heteroatoms. The summed E-state index contributed by atoms with van der Waals surface area (Å²) in [5.74, 6) is 1.98. The second-order valence-electron chi connectivity index (χ2n) is 17.8. The number of anilines is 1. The molecule has 7 aromatic carbocycles. The molecule has 10 aromatic rings. The van der Waals surface area contributed by atoms with Crippen LogP contribution in [0.1, 0.15) is 40.0 Å².